The number of likely N-dealkylation sites (tertiary alicyclic amines) is 2. The molecule has 154 valence electrons. The SMILES string of the molecule is Cc1noc(C)c1CCC(=O)N1CCCC12CCCN(Cc1ccccc1)C2=O. The first kappa shape index (κ1) is 19.7. The molecule has 0 N–H and O–H groups in total. The lowest BCUT2D eigenvalue weighted by Gasteiger charge is -2.44. The molecule has 29 heavy (non-hydrogen) atoms. The van der Waals surface area contributed by atoms with Crippen LogP contribution in [0, 0.1) is 13.8 Å². The Morgan fingerprint density at radius 2 is 1.86 bits per heavy atom. The van der Waals surface area contributed by atoms with Crippen LogP contribution in [0.5, 0.6) is 0 Å². The normalized spacial score (nSPS) is 21.9. The largest absolute Gasteiger partial charge is 0.361 e. The number of aryl methyl sites for hydroxylation is 2. The minimum Gasteiger partial charge on any atom is -0.361 e. The molecule has 0 bridgehead atoms. The van der Waals surface area contributed by atoms with E-state index in [1.807, 2.05) is 41.8 Å². The maximum absolute atomic E-state index is 13.5. The Balaban J connectivity index is 1.48. The Kier molecular flexibility index (Phi) is 5.43. The molecule has 0 radical (unpaired) electrons. The van der Waals surface area contributed by atoms with Gasteiger partial charge in [-0.25, -0.2) is 0 Å². The second kappa shape index (κ2) is 8.01. The van der Waals surface area contributed by atoms with E-state index in [9.17, 15) is 9.59 Å². The summed E-state index contributed by atoms with van der Waals surface area (Å²) in [4.78, 5) is 30.5. The number of rotatable bonds is 5. The summed E-state index contributed by atoms with van der Waals surface area (Å²) in [6.07, 6.45) is 4.36. The van der Waals surface area contributed by atoms with Gasteiger partial charge in [-0.05, 0) is 51.5 Å². The summed E-state index contributed by atoms with van der Waals surface area (Å²) in [5.74, 6) is 0.961. The molecule has 2 aliphatic heterocycles. The van der Waals surface area contributed by atoms with Crippen LogP contribution in [-0.2, 0) is 22.6 Å². The first-order chi connectivity index (χ1) is 14.0. The number of carbonyl (C=O) groups excluding carboxylic acids is 2. The van der Waals surface area contributed by atoms with Gasteiger partial charge in [0.1, 0.15) is 11.3 Å². The number of nitrogens with zero attached hydrogens (tertiary/aromatic N) is 3. The van der Waals surface area contributed by atoms with Gasteiger partial charge in [0.2, 0.25) is 11.8 Å². The smallest absolute Gasteiger partial charge is 0.248 e. The molecule has 0 aliphatic carbocycles. The summed E-state index contributed by atoms with van der Waals surface area (Å²) >= 11 is 0. The van der Waals surface area contributed by atoms with Gasteiger partial charge in [-0.1, -0.05) is 35.5 Å². The predicted octanol–water partition coefficient (Wildman–Crippen LogP) is 3.41. The van der Waals surface area contributed by atoms with Crippen molar-refractivity contribution in [2.75, 3.05) is 13.1 Å². The third kappa shape index (κ3) is 3.68. The molecular weight excluding hydrogens is 366 g/mol. The summed E-state index contributed by atoms with van der Waals surface area (Å²) in [5, 5.41) is 3.98. The maximum Gasteiger partial charge on any atom is 0.248 e. The van der Waals surface area contributed by atoms with Gasteiger partial charge < -0.3 is 14.3 Å². The van der Waals surface area contributed by atoms with Crippen LogP contribution in [0.15, 0.2) is 34.9 Å². The molecule has 4 rings (SSSR count). The zero-order chi connectivity index (χ0) is 20.4. The Bertz CT molecular complexity index is 873. The highest BCUT2D eigenvalue weighted by Crippen LogP contribution is 2.39. The monoisotopic (exact) mass is 395 g/mol. The van der Waals surface area contributed by atoms with Crippen molar-refractivity contribution < 1.29 is 14.1 Å². The van der Waals surface area contributed by atoms with E-state index in [4.69, 9.17) is 4.52 Å². The number of piperidine rings is 1. The number of amides is 2. The van der Waals surface area contributed by atoms with E-state index in [2.05, 4.69) is 17.3 Å². The minimum atomic E-state index is -0.650. The fraction of sp³-hybridized carbons (Fsp3) is 0.522. The number of aromatic nitrogens is 1. The van der Waals surface area contributed by atoms with Crippen molar-refractivity contribution in [2.45, 2.75) is 64.5 Å². The summed E-state index contributed by atoms with van der Waals surface area (Å²) in [5.41, 5.74) is 2.33. The number of benzene rings is 1. The van der Waals surface area contributed by atoms with Crippen molar-refractivity contribution in [1.82, 2.24) is 15.0 Å². The fourth-order valence-corrected chi connectivity index (χ4v) is 4.97. The van der Waals surface area contributed by atoms with Crippen LogP contribution in [0.4, 0.5) is 0 Å². The lowest BCUT2D eigenvalue weighted by molar-refractivity contribution is -0.155. The number of carbonyl (C=O) groups is 2. The van der Waals surface area contributed by atoms with Gasteiger partial charge in [-0.3, -0.25) is 9.59 Å². The second-order valence-electron chi connectivity index (χ2n) is 8.30. The van der Waals surface area contributed by atoms with E-state index in [1.54, 1.807) is 0 Å². The molecule has 3 heterocycles. The van der Waals surface area contributed by atoms with Crippen molar-refractivity contribution >= 4 is 11.8 Å². The summed E-state index contributed by atoms with van der Waals surface area (Å²) < 4.78 is 5.21. The van der Waals surface area contributed by atoms with Crippen LogP contribution in [0.2, 0.25) is 0 Å². The molecule has 2 fully saturated rings. The number of hydrogen-bond acceptors (Lipinski definition) is 4. The quantitative estimate of drug-likeness (QED) is 0.778. The molecule has 1 unspecified atom stereocenters. The fourth-order valence-electron chi connectivity index (χ4n) is 4.97. The van der Waals surface area contributed by atoms with Crippen molar-refractivity contribution in [3.05, 3.63) is 52.9 Å². The molecule has 6 heteroatoms. The van der Waals surface area contributed by atoms with E-state index in [1.165, 1.54) is 0 Å². The molecule has 0 saturated carbocycles. The van der Waals surface area contributed by atoms with Crippen molar-refractivity contribution in [1.29, 1.82) is 0 Å². The highest BCUT2D eigenvalue weighted by atomic mass is 16.5. The highest BCUT2D eigenvalue weighted by molar-refractivity contribution is 5.92. The van der Waals surface area contributed by atoms with Gasteiger partial charge in [0.15, 0.2) is 0 Å². The summed E-state index contributed by atoms with van der Waals surface area (Å²) in [6, 6.07) is 10.1. The molecule has 1 aromatic heterocycles. The first-order valence-electron chi connectivity index (χ1n) is 10.6. The molecule has 2 aromatic rings. The lowest BCUT2D eigenvalue weighted by Crippen LogP contribution is -2.61. The second-order valence-corrected chi connectivity index (χ2v) is 8.30. The van der Waals surface area contributed by atoms with E-state index >= 15 is 0 Å². The van der Waals surface area contributed by atoms with E-state index < -0.39 is 5.54 Å². The number of hydrogen-bond donors (Lipinski definition) is 0. The van der Waals surface area contributed by atoms with E-state index in [0.29, 0.717) is 25.9 Å². The lowest BCUT2D eigenvalue weighted by atomic mass is 9.85. The molecule has 2 aliphatic rings. The Labute approximate surface area is 171 Å². The van der Waals surface area contributed by atoms with Gasteiger partial charge in [0, 0.05) is 31.6 Å². The van der Waals surface area contributed by atoms with Crippen LogP contribution < -0.4 is 0 Å². The summed E-state index contributed by atoms with van der Waals surface area (Å²) in [6.45, 7) is 5.83. The summed E-state index contributed by atoms with van der Waals surface area (Å²) in [7, 11) is 0. The molecule has 1 spiro atoms. The molecule has 2 saturated heterocycles. The molecule has 1 atom stereocenters. The minimum absolute atomic E-state index is 0.0670. The topological polar surface area (TPSA) is 66.7 Å². The first-order valence-corrected chi connectivity index (χ1v) is 10.6. The van der Waals surface area contributed by atoms with E-state index in [-0.39, 0.29) is 11.8 Å². The van der Waals surface area contributed by atoms with Crippen molar-refractivity contribution in [3.8, 4) is 0 Å². The van der Waals surface area contributed by atoms with Crippen LogP contribution in [-0.4, -0.2) is 45.4 Å². The molecular formula is C23H29N3O3. The Morgan fingerprint density at radius 3 is 2.55 bits per heavy atom. The van der Waals surface area contributed by atoms with Gasteiger partial charge in [0.05, 0.1) is 5.69 Å². The average Bonchev–Trinajstić information content (AvgIpc) is 3.28. The van der Waals surface area contributed by atoms with Crippen molar-refractivity contribution in [3.63, 3.8) is 0 Å². The van der Waals surface area contributed by atoms with Gasteiger partial charge in [-0.2, -0.15) is 0 Å². The molecule has 2 amide bonds. The van der Waals surface area contributed by atoms with Gasteiger partial charge in [-0.15, -0.1) is 0 Å². The zero-order valence-corrected chi connectivity index (χ0v) is 17.3. The Morgan fingerprint density at radius 1 is 1.14 bits per heavy atom. The zero-order valence-electron chi connectivity index (χ0n) is 17.3. The maximum atomic E-state index is 13.5. The van der Waals surface area contributed by atoms with Crippen LogP contribution in [0.3, 0.4) is 0 Å². The van der Waals surface area contributed by atoms with Crippen LogP contribution in [0.25, 0.3) is 0 Å². The van der Waals surface area contributed by atoms with Gasteiger partial charge in [0.25, 0.3) is 0 Å². The third-order valence-corrected chi connectivity index (χ3v) is 6.48. The van der Waals surface area contributed by atoms with Gasteiger partial charge >= 0.3 is 0 Å². The van der Waals surface area contributed by atoms with Crippen LogP contribution >= 0.6 is 0 Å². The van der Waals surface area contributed by atoms with E-state index in [0.717, 1.165) is 54.8 Å². The highest BCUT2D eigenvalue weighted by Gasteiger charge is 2.52. The average molecular weight is 396 g/mol. The Hall–Kier alpha value is -2.63. The predicted molar refractivity (Wildman–Crippen MR) is 109 cm³/mol. The third-order valence-electron chi connectivity index (χ3n) is 6.48. The molecule has 6 nitrogen and oxygen atoms in total. The standard InChI is InChI=1S/C23H29N3O3/c1-17-20(18(2)29-24-17)10-11-21(27)26-15-7-13-23(26)12-6-14-25(22(23)28)16-19-8-4-3-5-9-19/h3-5,8-9H,6-7,10-16H2,1-2H3. The van der Waals surface area contributed by atoms with Crippen LogP contribution in [0.1, 0.15) is 54.7 Å². The molecule has 1 aromatic carbocycles. The van der Waals surface area contributed by atoms with Crippen molar-refractivity contribution in [2.24, 2.45) is 0 Å².